The van der Waals surface area contributed by atoms with Gasteiger partial charge in [-0.3, -0.25) is 0 Å². The van der Waals surface area contributed by atoms with Gasteiger partial charge in [0.25, 0.3) is 0 Å². The quantitative estimate of drug-likeness (QED) is 0.482. The van der Waals surface area contributed by atoms with E-state index >= 15 is 0 Å². The Balaban J connectivity index is 2.25. The van der Waals surface area contributed by atoms with Gasteiger partial charge in [-0.15, -0.1) is 0 Å². The lowest BCUT2D eigenvalue weighted by Crippen LogP contribution is -2.31. The fourth-order valence-corrected chi connectivity index (χ4v) is 2.18. The Bertz CT molecular complexity index is 160. The number of hydrogen-bond donors (Lipinski definition) is 0. The summed E-state index contributed by atoms with van der Waals surface area (Å²) in [4.78, 5) is 0. The van der Waals surface area contributed by atoms with Crippen LogP contribution >= 0.6 is 0 Å². The van der Waals surface area contributed by atoms with Crippen LogP contribution < -0.4 is 0 Å². The van der Waals surface area contributed by atoms with Gasteiger partial charge in [-0.1, -0.05) is 13.5 Å². The molecule has 1 aliphatic heterocycles. The van der Waals surface area contributed by atoms with Crippen molar-refractivity contribution in [1.82, 2.24) is 0 Å². The van der Waals surface area contributed by atoms with E-state index in [1.165, 1.54) is 31.9 Å². The molecule has 0 aromatic carbocycles. The van der Waals surface area contributed by atoms with Crippen molar-refractivity contribution in [3.8, 4) is 0 Å². The molecule has 1 aliphatic rings. The van der Waals surface area contributed by atoms with E-state index in [1.807, 2.05) is 0 Å². The van der Waals surface area contributed by atoms with Crippen LogP contribution in [0.25, 0.3) is 0 Å². The normalized spacial score (nSPS) is 27.2. The van der Waals surface area contributed by atoms with Crippen molar-refractivity contribution in [2.24, 2.45) is 5.41 Å². The second-order valence-electron chi connectivity index (χ2n) is 4.15. The molecule has 2 nitrogen and oxygen atoms in total. The lowest BCUT2D eigenvalue weighted by atomic mass is 9.76. The average Bonchev–Trinajstić information content (AvgIpc) is 2.26. The van der Waals surface area contributed by atoms with Crippen LogP contribution in [-0.2, 0) is 9.47 Å². The molecule has 1 unspecified atom stereocenters. The third-order valence-corrected chi connectivity index (χ3v) is 3.24. The van der Waals surface area contributed by atoms with Gasteiger partial charge in [0.15, 0.2) is 0 Å². The first-order valence-corrected chi connectivity index (χ1v) is 5.63. The maximum Gasteiger partial charge on any atom is 0.0873 e. The first-order valence-electron chi connectivity index (χ1n) is 5.63. The van der Waals surface area contributed by atoms with Crippen molar-refractivity contribution in [3.05, 3.63) is 12.8 Å². The van der Waals surface area contributed by atoms with Crippen molar-refractivity contribution in [3.63, 3.8) is 0 Å². The molecule has 0 aromatic heterocycles. The summed E-state index contributed by atoms with van der Waals surface area (Å²) < 4.78 is 10.7. The van der Waals surface area contributed by atoms with Gasteiger partial charge in [-0.25, -0.2) is 0 Å². The highest BCUT2D eigenvalue weighted by molar-refractivity contribution is 4.80. The zero-order chi connectivity index (χ0) is 10.3. The molecule has 0 saturated carbocycles. The highest BCUT2D eigenvalue weighted by Crippen LogP contribution is 2.36. The standard InChI is InChI=1S/C12H22O2/c1-3-12(7-5-9-13-4-2)8-6-10-14-11-12/h4H,2-3,5-11H2,1H3. The van der Waals surface area contributed by atoms with Crippen molar-refractivity contribution in [2.75, 3.05) is 19.8 Å². The predicted molar refractivity (Wildman–Crippen MR) is 58.2 cm³/mol. The Hall–Kier alpha value is -0.500. The summed E-state index contributed by atoms with van der Waals surface area (Å²) in [5.41, 5.74) is 0.433. The lowest BCUT2D eigenvalue weighted by Gasteiger charge is -2.36. The summed E-state index contributed by atoms with van der Waals surface area (Å²) in [5, 5.41) is 0. The maximum atomic E-state index is 5.57. The van der Waals surface area contributed by atoms with Crippen LogP contribution in [0, 0.1) is 5.41 Å². The third kappa shape index (κ3) is 3.33. The van der Waals surface area contributed by atoms with E-state index < -0.39 is 0 Å². The molecule has 1 heterocycles. The van der Waals surface area contributed by atoms with Crippen LogP contribution in [-0.4, -0.2) is 19.8 Å². The monoisotopic (exact) mass is 198 g/mol. The average molecular weight is 198 g/mol. The minimum absolute atomic E-state index is 0.433. The van der Waals surface area contributed by atoms with Gasteiger partial charge in [0.1, 0.15) is 0 Å². The van der Waals surface area contributed by atoms with E-state index in [0.717, 1.165) is 26.2 Å². The largest absolute Gasteiger partial charge is 0.502 e. The number of ether oxygens (including phenoxy) is 2. The van der Waals surface area contributed by atoms with Crippen LogP contribution in [0.2, 0.25) is 0 Å². The molecular formula is C12H22O2. The fourth-order valence-electron chi connectivity index (χ4n) is 2.18. The Kier molecular flexibility index (Phi) is 5.02. The summed E-state index contributed by atoms with van der Waals surface area (Å²) in [6.07, 6.45) is 7.62. The minimum atomic E-state index is 0.433. The second kappa shape index (κ2) is 6.07. The van der Waals surface area contributed by atoms with E-state index in [2.05, 4.69) is 13.5 Å². The molecule has 1 fully saturated rings. The molecule has 0 amide bonds. The van der Waals surface area contributed by atoms with E-state index in [1.54, 1.807) is 0 Å². The highest BCUT2D eigenvalue weighted by atomic mass is 16.5. The zero-order valence-corrected chi connectivity index (χ0v) is 9.26. The summed E-state index contributed by atoms with van der Waals surface area (Å²) >= 11 is 0. The molecule has 0 bridgehead atoms. The van der Waals surface area contributed by atoms with Crippen molar-refractivity contribution in [1.29, 1.82) is 0 Å². The van der Waals surface area contributed by atoms with Crippen molar-refractivity contribution >= 4 is 0 Å². The molecule has 0 aromatic rings. The van der Waals surface area contributed by atoms with Crippen LogP contribution in [0.1, 0.15) is 39.0 Å². The number of rotatable bonds is 6. The Labute approximate surface area is 87.3 Å². The first kappa shape index (κ1) is 11.6. The first-order chi connectivity index (χ1) is 6.83. The van der Waals surface area contributed by atoms with E-state index in [9.17, 15) is 0 Å². The second-order valence-corrected chi connectivity index (χ2v) is 4.15. The molecule has 1 atom stereocenters. The summed E-state index contributed by atoms with van der Waals surface area (Å²) in [6.45, 7) is 8.49. The molecule has 0 spiro atoms. The third-order valence-electron chi connectivity index (χ3n) is 3.24. The van der Waals surface area contributed by atoms with E-state index in [-0.39, 0.29) is 0 Å². The summed E-state index contributed by atoms with van der Waals surface area (Å²) in [5.74, 6) is 0. The van der Waals surface area contributed by atoms with Gasteiger partial charge in [0.2, 0.25) is 0 Å². The van der Waals surface area contributed by atoms with Crippen LogP contribution in [0.5, 0.6) is 0 Å². The van der Waals surface area contributed by atoms with Gasteiger partial charge in [0, 0.05) is 6.61 Å². The Morgan fingerprint density at radius 3 is 3.00 bits per heavy atom. The molecule has 1 saturated heterocycles. The predicted octanol–water partition coefficient (Wildman–Crippen LogP) is 3.13. The van der Waals surface area contributed by atoms with Crippen molar-refractivity contribution in [2.45, 2.75) is 39.0 Å². The van der Waals surface area contributed by atoms with Crippen LogP contribution in [0.3, 0.4) is 0 Å². The Morgan fingerprint density at radius 2 is 2.43 bits per heavy atom. The minimum Gasteiger partial charge on any atom is -0.502 e. The van der Waals surface area contributed by atoms with Crippen molar-refractivity contribution < 1.29 is 9.47 Å². The zero-order valence-electron chi connectivity index (χ0n) is 9.26. The van der Waals surface area contributed by atoms with Gasteiger partial charge in [-0.2, -0.15) is 0 Å². The molecule has 82 valence electrons. The Morgan fingerprint density at radius 1 is 1.57 bits per heavy atom. The summed E-state index contributed by atoms with van der Waals surface area (Å²) in [7, 11) is 0. The SMILES string of the molecule is C=COCCCC1(CC)CCCOC1. The summed E-state index contributed by atoms with van der Waals surface area (Å²) in [6, 6.07) is 0. The smallest absolute Gasteiger partial charge is 0.0873 e. The maximum absolute atomic E-state index is 5.57. The molecule has 0 aliphatic carbocycles. The van der Waals surface area contributed by atoms with Gasteiger partial charge >= 0.3 is 0 Å². The number of hydrogen-bond acceptors (Lipinski definition) is 2. The highest BCUT2D eigenvalue weighted by Gasteiger charge is 2.30. The van der Waals surface area contributed by atoms with Gasteiger partial charge < -0.3 is 9.47 Å². The molecular weight excluding hydrogens is 176 g/mol. The molecule has 2 heteroatoms. The lowest BCUT2D eigenvalue weighted by molar-refractivity contribution is -0.0180. The van der Waals surface area contributed by atoms with Gasteiger partial charge in [-0.05, 0) is 37.5 Å². The molecule has 0 N–H and O–H groups in total. The van der Waals surface area contributed by atoms with Crippen LogP contribution in [0.4, 0.5) is 0 Å². The van der Waals surface area contributed by atoms with E-state index in [4.69, 9.17) is 9.47 Å². The molecule has 0 radical (unpaired) electrons. The fraction of sp³-hybridized carbons (Fsp3) is 0.833. The molecule has 14 heavy (non-hydrogen) atoms. The van der Waals surface area contributed by atoms with Gasteiger partial charge in [0.05, 0.1) is 19.5 Å². The topological polar surface area (TPSA) is 18.5 Å². The molecule has 1 rings (SSSR count). The van der Waals surface area contributed by atoms with Crippen LogP contribution in [0.15, 0.2) is 12.8 Å². The van der Waals surface area contributed by atoms with E-state index in [0.29, 0.717) is 5.41 Å².